The normalized spacial score (nSPS) is 21.1. The van der Waals surface area contributed by atoms with E-state index < -0.39 is 0 Å². The van der Waals surface area contributed by atoms with Gasteiger partial charge in [0.05, 0.1) is 12.5 Å². The van der Waals surface area contributed by atoms with E-state index in [0.29, 0.717) is 12.5 Å². The second kappa shape index (κ2) is 10.1. The van der Waals surface area contributed by atoms with Gasteiger partial charge in [-0.15, -0.1) is 0 Å². The van der Waals surface area contributed by atoms with Crippen molar-refractivity contribution in [2.24, 2.45) is 11.7 Å². The Bertz CT molecular complexity index is 593. The number of likely N-dealkylation sites (N-methyl/N-ethyl adjacent to an activating group) is 1. The summed E-state index contributed by atoms with van der Waals surface area (Å²) in [6.07, 6.45) is 6.91. The lowest BCUT2D eigenvalue weighted by molar-refractivity contribution is -0.120. The van der Waals surface area contributed by atoms with Crippen molar-refractivity contribution >= 4 is 5.91 Å². The van der Waals surface area contributed by atoms with Crippen LogP contribution in [0.2, 0.25) is 0 Å². The molecule has 3 rings (SSSR count). The lowest BCUT2D eigenvalue weighted by Crippen LogP contribution is -2.44. The fraction of sp³-hybridized carbons (Fsp3) is 0.682. The average molecular weight is 374 g/mol. The maximum atomic E-state index is 12.1. The van der Waals surface area contributed by atoms with E-state index in [1.165, 1.54) is 19.3 Å². The van der Waals surface area contributed by atoms with Crippen LogP contribution in [0.1, 0.15) is 50.0 Å². The van der Waals surface area contributed by atoms with Crippen LogP contribution in [-0.4, -0.2) is 62.1 Å². The van der Waals surface area contributed by atoms with Crippen molar-refractivity contribution in [2.75, 3.05) is 46.4 Å². The first kappa shape index (κ1) is 20.2. The standard InChI is InChI=1S/C22H35N3O2/c1-24-12-14-25(15-13-24)11-6-16-27-20-10-5-9-19(17-20)21(22(23)26)18-7-3-2-4-8-18/h5,9-10,17-18,21H,2-4,6-8,11-16H2,1H3,(H2,23,26). The number of ether oxygens (including phenoxy) is 1. The number of nitrogens with zero attached hydrogens (tertiary/aromatic N) is 2. The Labute approximate surface area is 163 Å². The molecule has 0 bridgehead atoms. The zero-order valence-corrected chi connectivity index (χ0v) is 16.7. The van der Waals surface area contributed by atoms with E-state index in [0.717, 1.165) is 63.3 Å². The van der Waals surface area contributed by atoms with Crippen molar-refractivity contribution in [3.8, 4) is 5.75 Å². The van der Waals surface area contributed by atoms with Crippen LogP contribution < -0.4 is 10.5 Å². The Morgan fingerprint density at radius 1 is 1.19 bits per heavy atom. The van der Waals surface area contributed by atoms with Gasteiger partial charge in [0.25, 0.3) is 0 Å². The summed E-state index contributed by atoms with van der Waals surface area (Å²) in [4.78, 5) is 17.0. The summed E-state index contributed by atoms with van der Waals surface area (Å²) in [6, 6.07) is 8.03. The van der Waals surface area contributed by atoms with E-state index in [2.05, 4.69) is 16.8 Å². The predicted octanol–water partition coefficient (Wildman–Crippen LogP) is 2.85. The molecule has 2 fully saturated rings. The number of piperazine rings is 1. The highest BCUT2D eigenvalue weighted by Gasteiger charge is 2.29. The van der Waals surface area contributed by atoms with Gasteiger partial charge in [0, 0.05) is 32.7 Å². The molecule has 27 heavy (non-hydrogen) atoms. The third-order valence-corrected chi connectivity index (χ3v) is 6.13. The summed E-state index contributed by atoms with van der Waals surface area (Å²) in [7, 11) is 2.18. The van der Waals surface area contributed by atoms with E-state index in [9.17, 15) is 4.79 Å². The van der Waals surface area contributed by atoms with Crippen LogP contribution >= 0.6 is 0 Å². The Kier molecular flexibility index (Phi) is 7.53. The minimum absolute atomic E-state index is 0.181. The summed E-state index contributed by atoms with van der Waals surface area (Å²) in [5, 5.41) is 0. The van der Waals surface area contributed by atoms with Gasteiger partial charge in [-0.05, 0) is 49.9 Å². The lowest BCUT2D eigenvalue weighted by atomic mass is 9.76. The first-order valence-electron chi connectivity index (χ1n) is 10.6. The molecule has 2 N–H and O–H groups in total. The Morgan fingerprint density at radius 2 is 1.93 bits per heavy atom. The summed E-state index contributed by atoms with van der Waals surface area (Å²) in [5.74, 6) is 0.852. The monoisotopic (exact) mass is 373 g/mol. The molecule has 1 heterocycles. The van der Waals surface area contributed by atoms with E-state index in [1.807, 2.05) is 24.3 Å². The molecule has 1 unspecified atom stereocenters. The van der Waals surface area contributed by atoms with Crippen LogP contribution in [0.25, 0.3) is 0 Å². The van der Waals surface area contributed by atoms with Crippen molar-refractivity contribution in [1.29, 1.82) is 0 Å². The van der Waals surface area contributed by atoms with Gasteiger partial charge >= 0.3 is 0 Å². The molecule has 0 spiro atoms. The highest BCUT2D eigenvalue weighted by Crippen LogP contribution is 2.36. The molecular formula is C22H35N3O2. The van der Waals surface area contributed by atoms with Crippen LogP contribution in [0.4, 0.5) is 0 Å². The first-order valence-corrected chi connectivity index (χ1v) is 10.6. The number of hydrogen-bond acceptors (Lipinski definition) is 4. The summed E-state index contributed by atoms with van der Waals surface area (Å²) in [5.41, 5.74) is 6.79. The third kappa shape index (κ3) is 5.94. The van der Waals surface area contributed by atoms with Crippen molar-refractivity contribution in [1.82, 2.24) is 9.80 Å². The maximum Gasteiger partial charge on any atom is 0.225 e. The number of carbonyl (C=O) groups is 1. The van der Waals surface area contributed by atoms with Crippen molar-refractivity contribution in [3.05, 3.63) is 29.8 Å². The van der Waals surface area contributed by atoms with Gasteiger partial charge in [0.15, 0.2) is 0 Å². The van der Waals surface area contributed by atoms with E-state index in [4.69, 9.17) is 10.5 Å². The summed E-state index contributed by atoms with van der Waals surface area (Å²) in [6.45, 7) is 6.39. The molecule has 1 aromatic carbocycles. The highest BCUT2D eigenvalue weighted by molar-refractivity contribution is 5.82. The molecule has 0 aromatic heterocycles. The SMILES string of the molecule is CN1CCN(CCCOc2cccc(C(C(N)=O)C3CCCCC3)c2)CC1. The molecule has 5 heteroatoms. The lowest BCUT2D eigenvalue weighted by Gasteiger charge is -2.32. The zero-order chi connectivity index (χ0) is 19.1. The Balaban J connectivity index is 1.50. The van der Waals surface area contributed by atoms with Crippen LogP contribution in [0.5, 0.6) is 5.75 Å². The molecule has 150 valence electrons. The van der Waals surface area contributed by atoms with Crippen LogP contribution in [0.15, 0.2) is 24.3 Å². The summed E-state index contributed by atoms with van der Waals surface area (Å²) < 4.78 is 5.99. The molecule has 5 nitrogen and oxygen atoms in total. The van der Waals surface area contributed by atoms with Gasteiger partial charge in [0.1, 0.15) is 5.75 Å². The molecule has 1 amide bonds. The minimum atomic E-state index is -0.200. The number of benzene rings is 1. The van der Waals surface area contributed by atoms with Gasteiger partial charge in [-0.25, -0.2) is 0 Å². The number of hydrogen-bond donors (Lipinski definition) is 1. The second-order valence-corrected chi connectivity index (χ2v) is 8.20. The largest absolute Gasteiger partial charge is 0.494 e. The maximum absolute atomic E-state index is 12.1. The molecule has 1 saturated carbocycles. The van der Waals surface area contributed by atoms with Gasteiger partial charge < -0.3 is 20.3 Å². The molecule has 1 aromatic rings. The van der Waals surface area contributed by atoms with E-state index >= 15 is 0 Å². The molecule has 1 aliphatic carbocycles. The third-order valence-electron chi connectivity index (χ3n) is 6.13. The predicted molar refractivity (Wildman–Crippen MR) is 109 cm³/mol. The smallest absolute Gasteiger partial charge is 0.225 e. The van der Waals surface area contributed by atoms with E-state index in [-0.39, 0.29) is 11.8 Å². The molecule has 0 radical (unpaired) electrons. The molecule has 1 atom stereocenters. The van der Waals surface area contributed by atoms with Crippen LogP contribution in [0.3, 0.4) is 0 Å². The fourth-order valence-corrected chi connectivity index (χ4v) is 4.48. The van der Waals surface area contributed by atoms with Gasteiger partial charge in [0.2, 0.25) is 5.91 Å². The summed E-state index contributed by atoms with van der Waals surface area (Å²) >= 11 is 0. The first-order chi connectivity index (χ1) is 13.1. The molecule has 1 saturated heterocycles. The molecule has 2 aliphatic rings. The van der Waals surface area contributed by atoms with Crippen molar-refractivity contribution in [2.45, 2.75) is 44.4 Å². The number of amides is 1. The number of nitrogens with two attached hydrogens (primary N) is 1. The Hall–Kier alpha value is -1.59. The molecular weight excluding hydrogens is 338 g/mol. The van der Waals surface area contributed by atoms with E-state index in [1.54, 1.807) is 0 Å². The topological polar surface area (TPSA) is 58.8 Å². The quantitative estimate of drug-likeness (QED) is 0.712. The van der Waals surface area contributed by atoms with Gasteiger partial charge in [-0.2, -0.15) is 0 Å². The Morgan fingerprint density at radius 3 is 2.63 bits per heavy atom. The average Bonchev–Trinajstić information content (AvgIpc) is 2.68. The fourth-order valence-electron chi connectivity index (χ4n) is 4.48. The second-order valence-electron chi connectivity index (χ2n) is 8.20. The number of primary amides is 1. The van der Waals surface area contributed by atoms with Crippen LogP contribution in [0, 0.1) is 5.92 Å². The highest BCUT2D eigenvalue weighted by atomic mass is 16.5. The van der Waals surface area contributed by atoms with Gasteiger partial charge in [-0.3, -0.25) is 4.79 Å². The van der Waals surface area contributed by atoms with Gasteiger partial charge in [-0.1, -0.05) is 31.4 Å². The zero-order valence-electron chi connectivity index (χ0n) is 16.7. The molecule has 1 aliphatic heterocycles. The minimum Gasteiger partial charge on any atom is -0.494 e. The van der Waals surface area contributed by atoms with Crippen molar-refractivity contribution < 1.29 is 9.53 Å². The number of rotatable bonds is 8. The van der Waals surface area contributed by atoms with Crippen molar-refractivity contribution in [3.63, 3.8) is 0 Å². The van der Waals surface area contributed by atoms with Crippen LogP contribution in [-0.2, 0) is 4.79 Å². The number of carbonyl (C=O) groups excluding carboxylic acids is 1.